The highest BCUT2D eigenvalue weighted by molar-refractivity contribution is 8.00. The van der Waals surface area contributed by atoms with E-state index in [9.17, 15) is 9.90 Å². The Hall–Kier alpha value is -0.220. The fourth-order valence-electron chi connectivity index (χ4n) is 0.711. The van der Waals surface area contributed by atoms with Gasteiger partial charge in [0.25, 0.3) is 0 Å². The van der Waals surface area contributed by atoms with Gasteiger partial charge in [0.1, 0.15) is 0 Å². The third kappa shape index (κ3) is 7.21. The topological polar surface area (TPSA) is 46.5 Å². The summed E-state index contributed by atoms with van der Waals surface area (Å²) in [6.45, 7) is 6.19. The van der Waals surface area contributed by atoms with Gasteiger partial charge in [-0.1, -0.05) is 20.3 Å². The molecule has 4 heteroatoms. The smallest absolute Gasteiger partial charge is 0.315 e. The molecular formula is C10H20O3S. The summed E-state index contributed by atoms with van der Waals surface area (Å²) in [5.41, 5.74) is 0. The number of aliphatic hydroxyl groups is 1. The van der Waals surface area contributed by atoms with E-state index < -0.39 is 0 Å². The second kappa shape index (κ2) is 8.12. The largest absolute Gasteiger partial charge is 0.465 e. The van der Waals surface area contributed by atoms with Crippen LogP contribution in [0.3, 0.4) is 0 Å². The third-order valence-electron chi connectivity index (χ3n) is 1.90. The molecule has 0 rings (SSSR count). The van der Waals surface area contributed by atoms with Crippen LogP contribution in [0, 0.1) is 0 Å². The minimum atomic E-state index is -0.386. The number of carbonyl (C=O) groups is 1. The van der Waals surface area contributed by atoms with E-state index >= 15 is 0 Å². The summed E-state index contributed by atoms with van der Waals surface area (Å²) < 4.78 is 4.97. The van der Waals surface area contributed by atoms with Crippen molar-refractivity contribution < 1.29 is 14.6 Å². The van der Waals surface area contributed by atoms with E-state index in [2.05, 4.69) is 6.92 Å². The lowest BCUT2D eigenvalue weighted by Crippen LogP contribution is -2.18. The lowest BCUT2D eigenvalue weighted by Gasteiger charge is -2.13. The van der Waals surface area contributed by atoms with E-state index in [-0.39, 0.29) is 17.3 Å². The molecule has 0 spiro atoms. The molecule has 0 radical (unpaired) electrons. The summed E-state index contributed by atoms with van der Waals surface area (Å²) in [4.78, 5) is 11.1. The van der Waals surface area contributed by atoms with Gasteiger partial charge in [-0.15, -0.1) is 11.8 Å². The number of carbonyl (C=O) groups excluding carboxylic acids is 1. The standard InChI is InChI=1S/C10H20O3S/c1-4-5-6-13-10(12)7-14-9(3)8(2)11/h8-9,11H,4-7H2,1-3H3. The third-order valence-corrected chi connectivity index (χ3v) is 3.23. The zero-order chi connectivity index (χ0) is 11.0. The molecule has 0 aromatic heterocycles. The normalized spacial score (nSPS) is 14.9. The van der Waals surface area contributed by atoms with Crippen molar-refractivity contribution in [1.82, 2.24) is 0 Å². The number of rotatable bonds is 7. The molecule has 0 saturated carbocycles. The number of thioether (sulfide) groups is 1. The highest BCUT2D eigenvalue weighted by Gasteiger charge is 2.11. The van der Waals surface area contributed by atoms with Gasteiger partial charge in [-0.25, -0.2) is 0 Å². The highest BCUT2D eigenvalue weighted by atomic mass is 32.2. The Morgan fingerprint density at radius 2 is 2.14 bits per heavy atom. The number of aliphatic hydroxyl groups excluding tert-OH is 1. The fourth-order valence-corrected chi connectivity index (χ4v) is 1.47. The van der Waals surface area contributed by atoms with E-state index in [1.54, 1.807) is 6.92 Å². The van der Waals surface area contributed by atoms with Crippen molar-refractivity contribution in [3.8, 4) is 0 Å². The first-order valence-electron chi connectivity index (χ1n) is 5.03. The van der Waals surface area contributed by atoms with E-state index in [1.165, 1.54) is 11.8 Å². The predicted molar refractivity (Wildman–Crippen MR) is 59.5 cm³/mol. The number of esters is 1. The monoisotopic (exact) mass is 220 g/mol. The molecule has 0 heterocycles. The molecule has 0 aromatic carbocycles. The lowest BCUT2D eigenvalue weighted by molar-refractivity contribution is -0.140. The van der Waals surface area contributed by atoms with Gasteiger partial charge >= 0.3 is 5.97 Å². The summed E-state index contributed by atoms with van der Waals surface area (Å²) in [5, 5.41) is 9.25. The van der Waals surface area contributed by atoms with E-state index in [0.717, 1.165) is 12.8 Å². The summed E-state index contributed by atoms with van der Waals surface area (Å²) in [6, 6.07) is 0. The summed E-state index contributed by atoms with van der Waals surface area (Å²) in [5.74, 6) is 0.145. The second-order valence-corrected chi connectivity index (χ2v) is 4.70. The molecule has 0 aliphatic carbocycles. The van der Waals surface area contributed by atoms with Crippen molar-refractivity contribution >= 4 is 17.7 Å². The minimum Gasteiger partial charge on any atom is -0.465 e. The highest BCUT2D eigenvalue weighted by Crippen LogP contribution is 2.14. The summed E-state index contributed by atoms with van der Waals surface area (Å²) >= 11 is 1.43. The zero-order valence-corrected chi connectivity index (χ0v) is 9.97. The van der Waals surface area contributed by atoms with E-state index in [4.69, 9.17) is 4.74 Å². The maximum atomic E-state index is 11.1. The SMILES string of the molecule is CCCCOC(=O)CSC(C)C(C)O. The van der Waals surface area contributed by atoms with Gasteiger partial charge in [-0.2, -0.15) is 0 Å². The quantitative estimate of drug-likeness (QED) is 0.525. The van der Waals surface area contributed by atoms with Crippen LogP contribution in [0.15, 0.2) is 0 Å². The molecule has 0 fully saturated rings. The van der Waals surface area contributed by atoms with Crippen LogP contribution >= 0.6 is 11.8 Å². The first kappa shape index (κ1) is 13.8. The van der Waals surface area contributed by atoms with Crippen LogP contribution in [0.5, 0.6) is 0 Å². The number of ether oxygens (including phenoxy) is 1. The maximum absolute atomic E-state index is 11.1. The molecule has 0 aliphatic rings. The molecule has 0 aromatic rings. The van der Waals surface area contributed by atoms with Crippen LogP contribution in [0.4, 0.5) is 0 Å². The van der Waals surface area contributed by atoms with E-state index in [1.807, 2.05) is 6.92 Å². The van der Waals surface area contributed by atoms with Crippen molar-refractivity contribution in [2.75, 3.05) is 12.4 Å². The Morgan fingerprint density at radius 1 is 1.50 bits per heavy atom. The molecule has 3 nitrogen and oxygen atoms in total. The Morgan fingerprint density at radius 3 is 2.64 bits per heavy atom. The average molecular weight is 220 g/mol. The molecule has 0 amide bonds. The number of unbranched alkanes of at least 4 members (excludes halogenated alkanes) is 1. The molecule has 2 unspecified atom stereocenters. The molecule has 0 aliphatic heterocycles. The Bertz CT molecular complexity index is 159. The molecule has 2 atom stereocenters. The van der Waals surface area contributed by atoms with Crippen LogP contribution in [0.2, 0.25) is 0 Å². The number of hydrogen-bond acceptors (Lipinski definition) is 4. The predicted octanol–water partition coefficient (Wildman–Crippen LogP) is 1.83. The van der Waals surface area contributed by atoms with Crippen molar-refractivity contribution in [2.45, 2.75) is 45.0 Å². The first-order valence-corrected chi connectivity index (χ1v) is 6.08. The van der Waals surface area contributed by atoms with Crippen molar-refractivity contribution in [1.29, 1.82) is 0 Å². The van der Waals surface area contributed by atoms with Crippen LogP contribution in [0.25, 0.3) is 0 Å². The van der Waals surface area contributed by atoms with Gasteiger partial charge in [0.2, 0.25) is 0 Å². The van der Waals surface area contributed by atoms with Gasteiger partial charge in [0.15, 0.2) is 0 Å². The average Bonchev–Trinajstić information content (AvgIpc) is 2.14. The Balaban J connectivity index is 3.44. The van der Waals surface area contributed by atoms with Gasteiger partial charge in [-0.3, -0.25) is 4.79 Å². The molecule has 84 valence electrons. The van der Waals surface area contributed by atoms with Crippen LogP contribution < -0.4 is 0 Å². The Labute approximate surface area is 90.2 Å². The van der Waals surface area contributed by atoms with Crippen molar-refractivity contribution in [3.05, 3.63) is 0 Å². The second-order valence-electron chi connectivity index (χ2n) is 3.33. The van der Waals surface area contributed by atoms with Crippen molar-refractivity contribution in [2.24, 2.45) is 0 Å². The minimum absolute atomic E-state index is 0.0775. The fraction of sp³-hybridized carbons (Fsp3) is 0.900. The van der Waals surface area contributed by atoms with E-state index in [0.29, 0.717) is 12.4 Å². The zero-order valence-electron chi connectivity index (χ0n) is 9.16. The van der Waals surface area contributed by atoms with Gasteiger partial charge in [0, 0.05) is 5.25 Å². The first-order chi connectivity index (χ1) is 6.57. The summed E-state index contributed by atoms with van der Waals surface area (Å²) in [7, 11) is 0. The molecule has 1 N–H and O–H groups in total. The summed E-state index contributed by atoms with van der Waals surface area (Å²) in [6.07, 6.45) is 1.57. The Kier molecular flexibility index (Phi) is 7.99. The molecule has 14 heavy (non-hydrogen) atoms. The lowest BCUT2D eigenvalue weighted by atomic mass is 10.3. The maximum Gasteiger partial charge on any atom is 0.315 e. The van der Waals surface area contributed by atoms with Crippen LogP contribution in [0.1, 0.15) is 33.6 Å². The molecular weight excluding hydrogens is 200 g/mol. The van der Waals surface area contributed by atoms with Gasteiger partial charge in [0.05, 0.1) is 18.5 Å². The molecule has 0 saturated heterocycles. The number of hydrogen-bond donors (Lipinski definition) is 1. The van der Waals surface area contributed by atoms with Crippen molar-refractivity contribution in [3.63, 3.8) is 0 Å². The van der Waals surface area contributed by atoms with Crippen LogP contribution in [-0.4, -0.2) is 34.8 Å². The van der Waals surface area contributed by atoms with Gasteiger partial charge in [-0.05, 0) is 13.3 Å². The molecule has 0 bridgehead atoms. The van der Waals surface area contributed by atoms with Gasteiger partial charge < -0.3 is 9.84 Å². The van der Waals surface area contributed by atoms with Crippen LogP contribution in [-0.2, 0) is 9.53 Å².